The third kappa shape index (κ3) is 4.57. The molecule has 0 saturated heterocycles. The molecule has 0 aliphatic heterocycles. The fourth-order valence-electron chi connectivity index (χ4n) is 1.21. The first-order chi connectivity index (χ1) is 7.59. The summed E-state index contributed by atoms with van der Waals surface area (Å²) in [5.41, 5.74) is 0.301. The van der Waals surface area contributed by atoms with Gasteiger partial charge in [0.15, 0.2) is 0 Å². The number of ether oxygens (including phenoxy) is 1. The lowest BCUT2D eigenvalue weighted by Gasteiger charge is -2.09. The maximum atomic E-state index is 13.1. The van der Waals surface area contributed by atoms with Crippen LogP contribution in [0.3, 0.4) is 0 Å². The van der Waals surface area contributed by atoms with Crippen molar-refractivity contribution in [3.63, 3.8) is 0 Å². The van der Waals surface area contributed by atoms with Crippen molar-refractivity contribution in [2.45, 2.75) is 13.8 Å². The van der Waals surface area contributed by atoms with Crippen LogP contribution >= 0.6 is 0 Å². The summed E-state index contributed by atoms with van der Waals surface area (Å²) in [6.45, 7) is 5.83. The highest BCUT2D eigenvalue weighted by atomic mass is 19.1. The van der Waals surface area contributed by atoms with Crippen LogP contribution in [0.1, 0.15) is 13.8 Å². The van der Waals surface area contributed by atoms with Gasteiger partial charge in [-0.05, 0) is 18.1 Å². The molecule has 0 atom stereocenters. The zero-order chi connectivity index (χ0) is 12.0. The minimum absolute atomic E-state index is 0.301. The summed E-state index contributed by atoms with van der Waals surface area (Å²) in [5, 5.41) is 2.85. The van der Waals surface area contributed by atoms with Crippen LogP contribution in [-0.2, 0) is 4.74 Å². The van der Waals surface area contributed by atoms with Gasteiger partial charge >= 0.3 is 0 Å². The Morgan fingerprint density at radius 2 is 2.06 bits per heavy atom. The Morgan fingerprint density at radius 3 is 2.69 bits per heavy atom. The summed E-state index contributed by atoms with van der Waals surface area (Å²) < 4.78 is 31.1. The molecule has 0 aromatic heterocycles. The number of rotatable bonds is 6. The number of anilines is 1. The Labute approximate surface area is 94.6 Å². The van der Waals surface area contributed by atoms with E-state index in [1.54, 1.807) is 0 Å². The molecule has 1 aromatic carbocycles. The zero-order valence-corrected chi connectivity index (χ0v) is 9.59. The van der Waals surface area contributed by atoms with E-state index in [0.29, 0.717) is 31.4 Å². The largest absolute Gasteiger partial charge is 0.380 e. The van der Waals surface area contributed by atoms with E-state index >= 15 is 0 Å². The smallest absolute Gasteiger partial charge is 0.149 e. The van der Waals surface area contributed by atoms with Gasteiger partial charge in [-0.2, -0.15) is 0 Å². The van der Waals surface area contributed by atoms with Crippen molar-refractivity contribution in [1.82, 2.24) is 0 Å². The van der Waals surface area contributed by atoms with Crippen LogP contribution in [0.25, 0.3) is 0 Å². The van der Waals surface area contributed by atoms with E-state index < -0.39 is 11.6 Å². The van der Waals surface area contributed by atoms with E-state index in [2.05, 4.69) is 19.2 Å². The maximum absolute atomic E-state index is 13.1. The molecule has 0 aliphatic carbocycles. The van der Waals surface area contributed by atoms with Crippen molar-refractivity contribution in [3.8, 4) is 0 Å². The van der Waals surface area contributed by atoms with E-state index in [4.69, 9.17) is 4.74 Å². The van der Waals surface area contributed by atoms with Gasteiger partial charge in [0.2, 0.25) is 0 Å². The lowest BCUT2D eigenvalue weighted by molar-refractivity contribution is 0.118. The van der Waals surface area contributed by atoms with Crippen molar-refractivity contribution in [2.75, 3.05) is 25.1 Å². The Bertz CT molecular complexity index is 329. The lowest BCUT2D eigenvalue weighted by Crippen LogP contribution is -2.12. The van der Waals surface area contributed by atoms with Crippen LogP contribution in [-0.4, -0.2) is 19.8 Å². The quantitative estimate of drug-likeness (QED) is 0.757. The van der Waals surface area contributed by atoms with Crippen LogP contribution in [0.5, 0.6) is 0 Å². The maximum Gasteiger partial charge on any atom is 0.149 e. The SMILES string of the molecule is CC(C)COCCNc1ccc(F)cc1F. The molecule has 0 heterocycles. The Kier molecular flexibility index (Phi) is 5.19. The third-order valence-corrected chi connectivity index (χ3v) is 1.94. The molecule has 1 rings (SSSR count). The van der Waals surface area contributed by atoms with Crippen LogP contribution in [0.4, 0.5) is 14.5 Å². The number of hydrogen-bond acceptors (Lipinski definition) is 2. The number of nitrogens with one attached hydrogen (secondary N) is 1. The molecule has 0 amide bonds. The average Bonchev–Trinajstić information content (AvgIpc) is 2.20. The predicted molar refractivity (Wildman–Crippen MR) is 60.5 cm³/mol. The Morgan fingerprint density at radius 1 is 1.31 bits per heavy atom. The molecule has 90 valence electrons. The van der Waals surface area contributed by atoms with Crippen molar-refractivity contribution >= 4 is 5.69 Å². The minimum Gasteiger partial charge on any atom is -0.380 e. The van der Waals surface area contributed by atoms with Gasteiger partial charge in [-0.1, -0.05) is 13.8 Å². The summed E-state index contributed by atoms with van der Waals surface area (Å²) >= 11 is 0. The van der Waals surface area contributed by atoms with Crippen molar-refractivity contribution in [3.05, 3.63) is 29.8 Å². The molecule has 16 heavy (non-hydrogen) atoms. The first-order valence-electron chi connectivity index (χ1n) is 5.36. The van der Waals surface area contributed by atoms with E-state index in [1.165, 1.54) is 12.1 Å². The van der Waals surface area contributed by atoms with Crippen LogP contribution in [0.2, 0.25) is 0 Å². The van der Waals surface area contributed by atoms with Crippen molar-refractivity contribution in [1.29, 1.82) is 0 Å². The number of hydrogen-bond donors (Lipinski definition) is 1. The monoisotopic (exact) mass is 229 g/mol. The van der Waals surface area contributed by atoms with Gasteiger partial charge in [0, 0.05) is 19.2 Å². The van der Waals surface area contributed by atoms with Gasteiger partial charge in [-0.15, -0.1) is 0 Å². The Hall–Kier alpha value is -1.16. The molecule has 1 N–H and O–H groups in total. The lowest BCUT2D eigenvalue weighted by atomic mass is 10.2. The highest BCUT2D eigenvalue weighted by Crippen LogP contribution is 2.14. The van der Waals surface area contributed by atoms with Crippen LogP contribution < -0.4 is 5.32 Å². The molecule has 0 aliphatic rings. The van der Waals surface area contributed by atoms with Crippen molar-refractivity contribution < 1.29 is 13.5 Å². The molecular formula is C12H17F2NO. The van der Waals surface area contributed by atoms with E-state index in [-0.39, 0.29) is 0 Å². The summed E-state index contributed by atoms with van der Waals surface area (Å²) in [6, 6.07) is 3.46. The predicted octanol–water partition coefficient (Wildman–Crippen LogP) is 3.05. The second-order valence-corrected chi connectivity index (χ2v) is 4.02. The first-order valence-corrected chi connectivity index (χ1v) is 5.36. The molecule has 0 fully saturated rings. The van der Waals surface area contributed by atoms with Gasteiger partial charge in [0.25, 0.3) is 0 Å². The molecule has 0 radical (unpaired) electrons. The zero-order valence-electron chi connectivity index (χ0n) is 9.59. The minimum atomic E-state index is -0.580. The fraction of sp³-hybridized carbons (Fsp3) is 0.500. The molecule has 0 bridgehead atoms. The van der Waals surface area contributed by atoms with E-state index in [9.17, 15) is 8.78 Å². The molecule has 0 saturated carbocycles. The molecule has 4 heteroatoms. The van der Waals surface area contributed by atoms with Crippen LogP contribution in [0, 0.1) is 17.6 Å². The summed E-state index contributed by atoms with van der Waals surface area (Å²) in [5.74, 6) is -0.662. The normalized spacial score (nSPS) is 10.8. The second kappa shape index (κ2) is 6.43. The highest BCUT2D eigenvalue weighted by molar-refractivity contribution is 5.44. The van der Waals surface area contributed by atoms with Gasteiger partial charge in [-0.25, -0.2) is 8.78 Å². The van der Waals surface area contributed by atoms with Gasteiger partial charge in [-0.3, -0.25) is 0 Å². The molecule has 0 spiro atoms. The summed E-state index contributed by atoms with van der Waals surface area (Å²) in [7, 11) is 0. The molecular weight excluding hydrogens is 212 g/mol. The third-order valence-electron chi connectivity index (χ3n) is 1.94. The summed E-state index contributed by atoms with van der Waals surface area (Å²) in [6.07, 6.45) is 0. The summed E-state index contributed by atoms with van der Waals surface area (Å²) in [4.78, 5) is 0. The molecule has 1 aromatic rings. The molecule has 2 nitrogen and oxygen atoms in total. The van der Waals surface area contributed by atoms with Gasteiger partial charge in [0.05, 0.1) is 12.3 Å². The average molecular weight is 229 g/mol. The first kappa shape index (κ1) is 12.9. The van der Waals surface area contributed by atoms with E-state index in [1.807, 2.05) is 0 Å². The number of halogens is 2. The van der Waals surface area contributed by atoms with Gasteiger partial charge < -0.3 is 10.1 Å². The number of benzene rings is 1. The Balaban J connectivity index is 2.27. The van der Waals surface area contributed by atoms with Crippen LogP contribution in [0.15, 0.2) is 18.2 Å². The molecule has 0 unspecified atom stereocenters. The van der Waals surface area contributed by atoms with Crippen molar-refractivity contribution in [2.24, 2.45) is 5.92 Å². The fourth-order valence-corrected chi connectivity index (χ4v) is 1.21. The van der Waals surface area contributed by atoms with Gasteiger partial charge in [0.1, 0.15) is 11.6 Å². The topological polar surface area (TPSA) is 21.3 Å². The second-order valence-electron chi connectivity index (χ2n) is 4.02. The highest BCUT2D eigenvalue weighted by Gasteiger charge is 2.02. The standard InChI is InChI=1S/C12H17F2NO/c1-9(2)8-16-6-5-15-12-4-3-10(13)7-11(12)14/h3-4,7,9,15H,5-6,8H2,1-2H3. The van der Waals surface area contributed by atoms with E-state index in [0.717, 1.165) is 6.07 Å².